The molecule has 0 amide bonds. The highest BCUT2D eigenvalue weighted by Crippen LogP contribution is 2.35. The molecule has 2 heterocycles. The summed E-state index contributed by atoms with van der Waals surface area (Å²) < 4.78 is 51.6. The molecule has 1 atom stereocenters. The van der Waals surface area contributed by atoms with E-state index in [2.05, 4.69) is 15.5 Å². The van der Waals surface area contributed by atoms with Gasteiger partial charge < -0.3 is 14.6 Å². The van der Waals surface area contributed by atoms with Gasteiger partial charge in [-0.2, -0.15) is 18.2 Å². The van der Waals surface area contributed by atoms with E-state index < -0.39 is 11.7 Å². The molecule has 0 radical (unpaired) electrons. The van der Waals surface area contributed by atoms with Crippen molar-refractivity contribution < 1.29 is 22.4 Å². The number of rotatable bonds is 6. The van der Waals surface area contributed by atoms with Crippen LogP contribution in [-0.2, 0) is 19.0 Å². The Hall–Kier alpha value is -2.87. The second kappa shape index (κ2) is 8.47. The molecule has 1 saturated heterocycles. The lowest BCUT2D eigenvalue weighted by Crippen LogP contribution is -2.13. The molecule has 2 aromatic carbocycles. The molecule has 4 rings (SSSR count). The van der Waals surface area contributed by atoms with Gasteiger partial charge in [0.25, 0.3) is 0 Å². The molecular formula is C22H22F3N3O2. The van der Waals surface area contributed by atoms with Gasteiger partial charge in [-0.25, -0.2) is 0 Å². The van der Waals surface area contributed by atoms with Crippen molar-refractivity contribution in [2.45, 2.75) is 37.9 Å². The van der Waals surface area contributed by atoms with Crippen LogP contribution in [0.1, 0.15) is 41.5 Å². The smallest absolute Gasteiger partial charge is 0.416 e. The van der Waals surface area contributed by atoms with Gasteiger partial charge in [0.1, 0.15) is 5.75 Å². The third kappa shape index (κ3) is 4.48. The van der Waals surface area contributed by atoms with Crippen molar-refractivity contribution >= 4 is 0 Å². The Morgan fingerprint density at radius 1 is 1.13 bits per heavy atom. The number of aryl methyl sites for hydroxylation is 2. The molecule has 1 N–H and O–H groups in total. The Labute approximate surface area is 172 Å². The molecule has 0 saturated carbocycles. The molecule has 1 aliphatic heterocycles. The fraction of sp³-hybridized carbons (Fsp3) is 0.364. The van der Waals surface area contributed by atoms with Crippen molar-refractivity contribution in [3.05, 3.63) is 65.0 Å². The van der Waals surface area contributed by atoms with Gasteiger partial charge in [0.05, 0.1) is 18.7 Å². The van der Waals surface area contributed by atoms with Crippen LogP contribution in [0.5, 0.6) is 5.75 Å². The van der Waals surface area contributed by atoms with Gasteiger partial charge in [0, 0.05) is 5.56 Å². The first-order valence-corrected chi connectivity index (χ1v) is 9.84. The summed E-state index contributed by atoms with van der Waals surface area (Å²) in [6.07, 6.45) is -1.83. The summed E-state index contributed by atoms with van der Waals surface area (Å²) in [5.74, 6) is 1.30. The van der Waals surface area contributed by atoms with Gasteiger partial charge in [0.2, 0.25) is 11.7 Å². The van der Waals surface area contributed by atoms with E-state index in [9.17, 15) is 13.2 Å². The van der Waals surface area contributed by atoms with Crippen LogP contribution in [0.25, 0.3) is 11.4 Å². The predicted molar refractivity (Wildman–Crippen MR) is 105 cm³/mol. The molecule has 1 aromatic heterocycles. The molecule has 8 heteroatoms. The van der Waals surface area contributed by atoms with Crippen molar-refractivity contribution in [3.63, 3.8) is 0 Å². The lowest BCUT2D eigenvalue weighted by molar-refractivity contribution is -0.138. The first kappa shape index (κ1) is 20.4. The summed E-state index contributed by atoms with van der Waals surface area (Å²) in [7, 11) is 1.57. The van der Waals surface area contributed by atoms with E-state index in [0.717, 1.165) is 31.0 Å². The maximum Gasteiger partial charge on any atom is 0.416 e. The predicted octanol–water partition coefficient (Wildman–Crippen LogP) is 4.97. The molecule has 3 aromatic rings. The molecule has 5 nitrogen and oxygen atoms in total. The molecular weight excluding hydrogens is 395 g/mol. The second-order valence-corrected chi connectivity index (χ2v) is 7.32. The fourth-order valence-corrected chi connectivity index (χ4v) is 3.66. The molecule has 158 valence electrons. The van der Waals surface area contributed by atoms with Crippen LogP contribution in [0.2, 0.25) is 0 Å². The Bertz CT molecular complexity index is 994. The van der Waals surface area contributed by atoms with E-state index in [1.54, 1.807) is 25.3 Å². The van der Waals surface area contributed by atoms with Crippen molar-refractivity contribution in [2.24, 2.45) is 0 Å². The molecule has 30 heavy (non-hydrogen) atoms. The number of hydrogen-bond donors (Lipinski definition) is 1. The first-order chi connectivity index (χ1) is 14.4. The van der Waals surface area contributed by atoms with Gasteiger partial charge in [-0.1, -0.05) is 29.4 Å². The summed E-state index contributed by atoms with van der Waals surface area (Å²) in [6.45, 7) is 0.865. The number of hydrogen-bond acceptors (Lipinski definition) is 5. The number of alkyl halides is 3. The number of ether oxygens (including phenoxy) is 1. The van der Waals surface area contributed by atoms with Crippen LogP contribution < -0.4 is 10.1 Å². The number of benzene rings is 2. The molecule has 0 bridgehead atoms. The number of methoxy groups -OCH3 is 1. The normalized spacial score (nSPS) is 16.7. The van der Waals surface area contributed by atoms with E-state index in [4.69, 9.17) is 9.26 Å². The summed E-state index contributed by atoms with van der Waals surface area (Å²) in [5, 5.41) is 7.13. The summed E-state index contributed by atoms with van der Waals surface area (Å²) in [6, 6.07) is 11.5. The number of nitrogens with one attached hydrogen (secondary N) is 1. The number of aromatic nitrogens is 2. The van der Waals surface area contributed by atoms with Crippen LogP contribution >= 0.6 is 0 Å². The van der Waals surface area contributed by atoms with Crippen LogP contribution in [0.4, 0.5) is 13.2 Å². The molecule has 1 unspecified atom stereocenters. The average Bonchev–Trinajstić information content (AvgIpc) is 3.43. The van der Waals surface area contributed by atoms with E-state index in [1.807, 2.05) is 12.1 Å². The summed E-state index contributed by atoms with van der Waals surface area (Å²) in [5.41, 5.74) is 0.811. The first-order valence-electron chi connectivity index (χ1n) is 9.84. The Morgan fingerprint density at radius 2 is 1.93 bits per heavy atom. The van der Waals surface area contributed by atoms with Crippen LogP contribution in [0.15, 0.2) is 47.0 Å². The van der Waals surface area contributed by atoms with Crippen LogP contribution in [0, 0.1) is 0 Å². The van der Waals surface area contributed by atoms with Gasteiger partial charge >= 0.3 is 6.18 Å². The SMILES string of the molecule is COc1ccc(CCc2ccc(-c3noc(C4CCCN4)n3)cc2C(F)(F)F)cc1. The lowest BCUT2D eigenvalue weighted by atomic mass is 9.97. The number of nitrogens with zero attached hydrogens (tertiary/aromatic N) is 2. The van der Waals surface area contributed by atoms with Gasteiger partial charge in [-0.15, -0.1) is 0 Å². The summed E-state index contributed by atoms with van der Waals surface area (Å²) in [4.78, 5) is 4.31. The van der Waals surface area contributed by atoms with E-state index in [-0.39, 0.29) is 23.9 Å². The maximum atomic E-state index is 13.7. The van der Waals surface area contributed by atoms with Crippen molar-refractivity contribution in [3.8, 4) is 17.1 Å². The Morgan fingerprint density at radius 3 is 2.60 bits per heavy atom. The van der Waals surface area contributed by atoms with Crippen molar-refractivity contribution in [1.29, 1.82) is 0 Å². The lowest BCUT2D eigenvalue weighted by Gasteiger charge is -2.14. The zero-order valence-electron chi connectivity index (χ0n) is 16.5. The summed E-state index contributed by atoms with van der Waals surface area (Å²) >= 11 is 0. The van der Waals surface area contributed by atoms with E-state index in [0.29, 0.717) is 23.6 Å². The second-order valence-electron chi connectivity index (χ2n) is 7.32. The van der Waals surface area contributed by atoms with Crippen LogP contribution in [-0.4, -0.2) is 23.8 Å². The van der Waals surface area contributed by atoms with Crippen LogP contribution in [0.3, 0.4) is 0 Å². The fourth-order valence-electron chi connectivity index (χ4n) is 3.66. The monoisotopic (exact) mass is 417 g/mol. The van der Waals surface area contributed by atoms with Crippen molar-refractivity contribution in [1.82, 2.24) is 15.5 Å². The highest BCUT2D eigenvalue weighted by Gasteiger charge is 2.34. The minimum atomic E-state index is -4.47. The van der Waals surface area contributed by atoms with Gasteiger partial charge in [-0.05, 0) is 61.6 Å². The van der Waals surface area contributed by atoms with E-state index in [1.165, 1.54) is 6.07 Å². The zero-order chi connectivity index (χ0) is 21.1. The standard InChI is InChI=1S/C22H22F3N3O2/c1-29-17-10-5-14(6-11-17)4-7-15-8-9-16(13-18(15)22(23,24)25)20-27-21(30-28-20)19-3-2-12-26-19/h5-6,8-11,13,19,26H,2-4,7,12H2,1H3. The minimum absolute atomic E-state index is 0.0305. The van der Waals surface area contributed by atoms with E-state index >= 15 is 0 Å². The Kier molecular flexibility index (Phi) is 5.76. The average molecular weight is 417 g/mol. The third-order valence-corrected chi connectivity index (χ3v) is 5.32. The molecule has 1 aliphatic rings. The van der Waals surface area contributed by atoms with Gasteiger partial charge in [0.15, 0.2) is 0 Å². The largest absolute Gasteiger partial charge is 0.497 e. The maximum absolute atomic E-state index is 13.7. The molecule has 0 spiro atoms. The molecule has 0 aliphatic carbocycles. The third-order valence-electron chi connectivity index (χ3n) is 5.32. The van der Waals surface area contributed by atoms with Crippen molar-refractivity contribution in [2.75, 3.05) is 13.7 Å². The minimum Gasteiger partial charge on any atom is -0.497 e. The topological polar surface area (TPSA) is 60.2 Å². The Balaban J connectivity index is 1.56. The quantitative estimate of drug-likeness (QED) is 0.613. The zero-order valence-corrected chi connectivity index (χ0v) is 16.5. The molecule has 1 fully saturated rings. The highest BCUT2D eigenvalue weighted by atomic mass is 19.4. The van der Waals surface area contributed by atoms with Gasteiger partial charge in [-0.3, -0.25) is 0 Å². The number of halogens is 3. The highest BCUT2D eigenvalue weighted by molar-refractivity contribution is 5.57.